The molecule has 34 heavy (non-hydrogen) atoms. The molecule has 0 saturated heterocycles. The highest BCUT2D eigenvalue weighted by molar-refractivity contribution is 9.10. The number of hydrogen-bond acceptors (Lipinski definition) is 4. The van der Waals surface area contributed by atoms with Crippen LogP contribution in [0.2, 0.25) is 0 Å². The minimum absolute atomic E-state index is 0.133. The molecular weight excluding hydrogens is 492 g/mol. The molecule has 0 bridgehead atoms. The lowest BCUT2D eigenvalue weighted by molar-refractivity contribution is 0.0196. The van der Waals surface area contributed by atoms with Crippen LogP contribution in [0.1, 0.15) is 132 Å². The van der Waals surface area contributed by atoms with Crippen molar-refractivity contribution >= 4 is 27.9 Å². The predicted molar refractivity (Wildman–Crippen MR) is 144 cm³/mol. The third kappa shape index (κ3) is 11.4. The second kappa shape index (κ2) is 16.3. The van der Waals surface area contributed by atoms with E-state index in [1.807, 2.05) is 6.92 Å². The van der Waals surface area contributed by atoms with Gasteiger partial charge in [0.05, 0.1) is 11.1 Å². The smallest absolute Gasteiger partial charge is 0.339 e. The molecule has 0 heterocycles. The highest BCUT2D eigenvalue weighted by Gasteiger charge is 2.26. The molecular formula is C29H47BrO4. The third-order valence-corrected chi connectivity index (χ3v) is 7.03. The van der Waals surface area contributed by atoms with Gasteiger partial charge in [0.15, 0.2) is 0 Å². The van der Waals surface area contributed by atoms with Crippen molar-refractivity contribution in [1.29, 1.82) is 0 Å². The second-order valence-electron chi connectivity index (χ2n) is 10.4. The largest absolute Gasteiger partial charge is 0.459 e. The number of halogens is 1. The number of aryl methyl sites for hydroxylation is 1. The van der Waals surface area contributed by atoms with Gasteiger partial charge in [0.2, 0.25) is 0 Å². The fourth-order valence-electron chi connectivity index (χ4n) is 3.88. The van der Waals surface area contributed by atoms with Crippen molar-refractivity contribution in [3.63, 3.8) is 0 Å². The highest BCUT2D eigenvalue weighted by Crippen LogP contribution is 2.26. The summed E-state index contributed by atoms with van der Waals surface area (Å²) in [6, 6.07) is 3.46. The molecule has 5 heteroatoms. The van der Waals surface area contributed by atoms with Gasteiger partial charge < -0.3 is 9.47 Å². The zero-order valence-electron chi connectivity index (χ0n) is 22.5. The van der Waals surface area contributed by atoms with Crippen LogP contribution in [0.15, 0.2) is 16.6 Å². The van der Waals surface area contributed by atoms with E-state index in [0.717, 1.165) is 74.2 Å². The summed E-state index contributed by atoms with van der Waals surface area (Å²) in [6.45, 7) is 14.9. The monoisotopic (exact) mass is 538 g/mol. The average Bonchev–Trinajstić information content (AvgIpc) is 2.78. The standard InChI is InChI=1S/C29H47BrO4/c1-8-10-12-23(16-14-20(3)4)33-28(31)25-18-22(7)27(30)19-26(25)29(32)34-24(13-11-9-2)17-15-21(5)6/h18-21,23-24H,8-17H2,1-7H3. The number of hydrogen-bond donors (Lipinski definition) is 0. The third-order valence-electron chi connectivity index (χ3n) is 6.18. The van der Waals surface area contributed by atoms with Crippen LogP contribution in [0.3, 0.4) is 0 Å². The Morgan fingerprint density at radius 3 is 1.53 bits per heavy atom. The van der Waals surface area contributed by atoms with Crippen LogP contribution in [0.5, 0.6) is 0 Å². The average molecular weight is 540 g/mol. The molecule has 1 aromatic rings. The minimum atomic E-state index is -0.440. The molecule has 0 aromatic heterocycles. The van der Waals surface area contributed by atoms with Crippen molar-refractivity contribution in [2.75, 3.05) is 0 Å². The first-order valence-electron chi connectivity index (χ1n) is 13.3. The van der Waals surface area contributed by atoms with Gasteiger partial charge in [0.1, 0.15) is 12.2 Å². The summed E-state index contributed by atoms with van der Waals surface area (Å²) < 4.78 is 12.7. The summed E-state index contributed by atoms with van der Waals surface area (Å²) in [5.41, 5.74) is 1.47. The van der Waals surface area contributed by atoms with Gasteiger partial charge in [-0.25, -0.2) is 9.59 Å². The van der Waals surface area contributed by atoms with Crippen molar-refractivity contribution in [1.82, 2.24) is 0 Å². The zero-order chi connectivity index (χ0) is 25.7. The molecule has 1 rings (SSSR count). The number of carbonyl (C=O) groups is 2. The van der Waals surface area contributed by atoms with Crippen LogP contribution in [0, 0.1) is 18.8 Å². The van der Waals surface area contributed by atoms with Crippen LogP contribution in [-0.4, -0.2) is 24.1 Å². The van der Waals surface area contributed by atoms with Crippen molar-refractivity contribution in [2.45, 2.75) is 125 Å². The van der Waals surface area contributed by atoms with Crippen LogP contribution in [-0.2, 0) is 9.47 Å². The Balaban J connectivity index is 3.12. The van der Waals surface area contributed by atoms with E-state index in [4.69, 9.17) is 9.47 Å². The van der Waals surface area contributed by atoms with Gasteiger partial charge in [-0.05, 0) is 75.0 Å². The summed E-state index contributed by atoms with van der Waals surface area (Å²) in [5.74, 6) is 0.228. The molecule has 2 unspecified atom stereocenters. The van der Waals surface area contributed by atoms with Gasteiger partial charge >= 0.3 is 11.9 Å². The Bertz CT molecular complexity index is 694. The first kappa shape index (κ1) is 30.7. The van der Waals surface area contributed by atoms with Crippen molar-refractivity contribution < 1.29 is 19.1 Å². The van der Waals surface area contributed by atoms with Gasteiger partial charge in [-0.15, -0.1) is 0 Å². The molecule has 0 aliphatic rings. The second-order valence-corrected chi connectivity index (χ2v) is 11.3. The topological polar surface area (TPSA) is 52.6 Å². The van der Waals surface area contributed by atoms with E-state index in [2.05, 4.69) is 57.5 Å². The molecule has 0 fully saturated rings. The molecule has 194 valence electrons. The van der Waals surface area contributed by atoms with E-state index in [-0.39, 0.29) is 17.8 Å². The van der Waals surface area contributed by atoms with Crippen molar-refractivity contribution in [2.24, 2.45) is 11.8 Å². The van der Waals surface area contributed by atoms with E-state index < -0.39 is 11.9 Å². The molecule has 0 aliphatic heterocycles. The number of unbranched alkanes of at least 4 members (excludes halogenated alkanes) is 2. The number of ether oxygens (including phenoxy) is 2. The number of benzene rings is 1. The molecule has 1 aromatic carbocycles. The molecule has 0 radical (unpaired) electrons. The molecule has 0 N–H and O–H groups in total. The minimum Gasteiger partial charge on any atom is -0.459 e. The van der Waals surface area contributed by atoms with Crippen molar-refractivity contribution in [3.05, 3.63) is 33.3 Å². The maximum absolute atomic E-state index is 13.3. The molecule has 0 saturated carbocycles. The van der Waals surface area contributed by atoms with Crippen LogP contribution < -0.4 is 0 Å². The molecule has 2 atom stereocenters. The summed E-state index contributed by atoms with van der Waals surface area (Å²) in [5, 5.41) is 0. The first-order chi connectivity index (χ1) is 16.1. The van der Waals surface area contributed by atoms with Crippen LogP contribution in [0.25, 0.3) is 0 Å². The lowest BCUT2D eigenvalue weighted by Gasteiger charge is -2.22. The van der Waals surface area contributed by atoms with Gasteiger partial charge in [-0.3, -0.25) is 0 Å². The molecule has 0 amide bonds. The first-order valence-corrected chi connectivity index (χ1v) is 14.1. The Kier molecular flexibility index (Phi) is 14.7. The highest BCUT2D eigenvalue weighted by atomic mass is 79.9. The fraction of sp³-hybridized carbons (Fsp3) is 0.724. The predicted octanol–water partition coefficient (Wildman–Crippen LogP) is 9.06. The number of carbonyl (C=O) groups excluding carboxylic acids is 2. The molecule has 0 aliphatic carbocycles. The van der Waals surface area contributed by atoms with Crippen LogP contribution >= 0.6 is 15.9 Å². The lowest BCUT2D eigenvalue weighted by Crippen LogP contribution is -2.24. The summed E-state index contributed by atoms with van der Waals surface area (Å²) in [4.78, 5) is 26.6. The maximum atomic E-state index is 13.3. The Morgan fingerprint density at radius 1 is 0.735 bits per heavy atom. The summed E-state index contributed by atoms with van der Waals surface area (Å²) in [7, 11) is 0. The maximum Gasteiger partial charge on any atom is 0.339 e. The van der Waals surface area contributed by atoms with Gasteiger partial charge in [-0.2, -0.15) is 0 Å². The van der Waals surface area contributed by atoms with E-state index >= 15 is 0 Å². The summed E-state index contributed by atoms with van der Waals surface area (Å²) >= 11 is 3.52. The number of esters is 2. The normalized spacial score (nSPS) is 13.2. The van der Waals surface area contributed by atoms with Gasteiger partial charge in [0.25, 0.3) is 0 Å². The zero-order valence-corrected chi connectivity index (χ0v) is 24.1. The molecule has 0 spiro atoms. The van der Waals surface area contributed by atoms with Crippen LogP contribution in [0.4, 0.5) is 0 Å². The Morgan fingerprint density at radius 2 is 1.15 bits per heavy atom. The number of rotatable bonds is 16. The summed E-state index contributed by atoms with van der Waals surface area (Å²) in [6.07, 6.45) is 9.24. The van der Waals surface area contributed by atoms with E-state index in [1.165, 1.54) is 0 Å². The Labute approximate surface area is 216 Å². The molecule has 4 nitrogen and oxygen atoms in total. The van der Waals surface area contributed by atoms with E-state index in [1.54, 1.807) is 12.1 Å². The van der Waals surface area contributed by atoms with E-state index in [0.29, 0.717) is 17.4 Å². The fourth-order valence-corrected chi connectivity index (χ4v) is 4.22. The quantitative estimate of drug-likeness (QED) is 0.197. The van der Waals surface area contributed by atoms with Gasteiger partial charge in [-0.1, -0.05) is 83.2 Å². The Hall–Kier alpha value is -1.36. The SMILES string of the molecule is CCCCC(CCC(C)C)OC(=O)c1cc(C)c(Br)cc1C(=O)OC(CCCC)CCC(C)C. The lowest BCUT2D eigenvalue weighted by atomic mass is 10.0. The van der Waals surface area contributed by atoms with Crippen molar-refractivity contribution in [3.8, 4) is 0 Å². The van der Waals surface area contributed by atoms with Gasteiger partial charge in [0, 0.05) is 4.47 Å². The van der Waals surface area contributed by atoms with E-state index in [9.17, 15) is 9.59 Å².